The third kappa shape index (κ3) is 1.81. The second-order valence-corrected chi connectivity index (χ2v) is 4.38. The standard InChI is InChI=1S/C13H19N2/c1-4-13-12(8-10(2)15(13)3)11-6-5-7-14-9-11/h5-7,9-10,12H,4,8H2,1-3H3/q+1/t10-,12-/m1/s1. The Morgan fingerprint density at radius 2 is 2.33 bits per heavy atom. The Labute approximate surface area is 91.7 Å². The Morgan fingerprint density at radius 1 is 1.53 bits per heavy atom. The maximum Gasteiger partial charge on any atom is 0.159 e. The van der Waals surface area contributed by atoms with Crippen LogP contribution < -0.4 is 0 Å². The summed E-state index contributed by atoms with van der Waals surface area (Å²) in [5.41, 5.74) is 2.92. The Bertz CT molecular complexity index is 367. The van der Waals surface area contributed by atoms with E-state index in [0.29, 0.717) is 12.0 Å². The van der Waals surface area contributed by atoms with Crippen LogP contribution in [0.25, 0.3) is 0 Å². The Morgan fingerprint density at radius 3 is 2.93 bits per heavy atom. The van der Waals surface area contributed by atoms with Gasteiger partial charge in [0.15, 0.2) is 11.8 Å². The minimum Gasteiger partial charge on any atom is -0.264 e. The van der Waals surface area contributed by atoms with Crippen LogP contribution in [-0.2, 0) is 0 Å². The molecule has 0 unspecified atom stereocenters. The van der Waals surface area contributed by atoms with E-state index in [1.165, 1.54) is 12.0 Å². The minimum absolute atomic E-state index is 0.587. The first-order chi connectivity index (χ1) is 7.24. The number of rotatable bonds is 2. The molecule has 1 aromatic heterocycles. The van der Waals surface area contributed by atoms with E-state index in [4.69, 9.17) is 0 Å². The van der Waals surface area contributed by atoms with Crippen LogP contribution in [0.1, 0.15) is 38.2 Å². The van der Waals surface area contributed by atoms with Gasteiger partial charge in [0.05, 0.1) is 5.92 Å². The fraction of sp³-hybridized carbons (Fsp3) is 0.538. The van der Waals surface area contributed by atoms with Crippen LogP contribution in [0.2, 0.25) is 0 Å². The van der Waals surface area contributed by atoms with Gasteiger partial charge in [0.1, 0.15) is 7.05 Å². The van der Waals surface area contributed by atoms with Crippen LogP contribution in [0.4, 0.5) is 0 Å². The molecule has 80 valence electrons. The first-order valence-corrected chi connectivity index (χ1v) is 5.72. The van der Waals surface area contributed by atoms with Gasteiger partial charge in [0, 0.05) is 25.2 Å². The third-order valence-corrected chi connectivity index (χ3v) is 3.54. The summed E-state index contributed by atoms with van der Waals surface area (Å²) >= 11 is 0. The van der Waals surface area contributed by atoms with Crippen LogP contribution in [-0.4, -0.2) is 28.4 Å². The van der Waals surface area contributed by atoms with Crippen LogP contribution in [0.5, 0.6) is 0 Å². The van der Waals surface area contributed by atoms with Gasteiger partial charge in [0.2, 0.25) is 0 Å². The maximum absolute atomic E-state index is 4.22. The lowest BCUT2D eigenvalue weighted by molar-refractivity contribution is -0.526. The number of hydrogen-bond acceptors (Lipinski definition) is 1. The van der Waals surface area contributed by atoms with Gasteiger partial charge in [-0.25, -0.2) is 4.58 Å². The molecule has 2 nitrogen and oxygen atoms in total. The quantitative estimate of drug-likeness (QED) is 0.674. The van der Waals surface area contributed by atoms with Crippen molar-refractivity contribution < 1.29 is 4.58 Å². The van der Waals surface area contributed by atoms with E-state index in [2.05, 4.69) is 36.5 Å². The van der Waals surface area contributed by atoms with Crippen molar-refractivity contribution in [3.8, 4) is 0 Å². The molecule has 0 fully saturated rings. The third-order valence-electron chi connectivity index (χ3n) is 3.54. The fourth-order valence-electron chi connectivity index (χ4n) is 2.57. The normalized spacial score (nSPS) is 26.1. The molecule has 15 heavy (non-hydrogen) atoms. The molecule has 0 aromatic carbocycles. The molecule has 0 spiro atoms. The average molecular weight is 203 g/mol. The van der Waals surface area contributed by atoms with E-state index in [1.54, 1.807) is 5.71 Å². The van der Waals surface area contributed by atoms with Gasteiger partial charge in [0.25, 0.3) is 0 Å². The van der Waals surface area contributed by atoms with Crippen molar-refractivity contribution in [1.82, 2.24) is 4.98 Å². The zero-order valence-corrected chi connectivity index (χ0v) is 9.77. The van der Waals surface area contributed by atoms with Crippen molar-refractivity contribution in [3.05, 3.63) is 30.1 Å². The van der Waals surface area contributed by atoms with E-state index in [0.717, 1.165) is 6.42 Å². The molecule has 0 saturated heterocycles. The van der Waals surface area contributed by atoms with Gasteiger partial charge < -0.3 is 0 Å². The largest absolute Gasteiger partial charge is 0.264 e. The summed E-state index contributed by atoms with van der Waals surface area (Å²) < 4.78 is 2.43. The molecule has 1 aliphatic heterocycles. The molecule has 0 amide bonds. The highest BCUT2D eigenvalue weighted by Gasteiger charge is 2.35. The lowest BCUT2D eigenvalue weighted by Crippen LogP contribution is -2.17. The molecule has 0 N–H and O–H groups in total. The molecule has 0 aliphatic carbocycles. The van der Waals surface area contributed by atoms with Gasteiger partial charge in [-0.2, -0.15) is 0 Å². The maximum atomic E-state index is 4.22. The number of hydrogen-bond donors (Lipinski definition) is 0. The van der Waals surface area contributed by atoms with Crippen molar-refractivity contribution in [2.24, 2.45) is 0 Å². The van der Waals surface area contributed by atoms with Gasteiger partial charge in [-0.15, -0.1) is 0 Å². The van der Waals surface area contributed by atoms with Gasteiger partial charge in [-0.1, -0.05) is 13.0 Å². The zero-order chi connectivity index (χ0) is 10.8. The number of aromatic nitrogens is 1. The summed E-state index contributed by atoms with van der Waals surface area (Å²) in [6, 6.07) is 4.88. The molecule has 2 heteroatoms. The monoisotopic (exact) mass is 203 g/mol. The molecule has 0 saturated carbocycles. The minimum atomic E-state index is 0.587. The molecule has 1 aliphatic rings. The lowest BCUT2D eigenvalue weighted by Gasteiger charge is -2.07. The van der Waals surface area contributed by atoms with Crippen molar-refractivity contribution >= 4 is 5.71 Å². The molecule has 2 heterocycles. The van der Waals surface area contributed by atoms with Crippen LogP contribution in [0.3, 0.4) is 0 Å². The molecular formula is C13H19N2+. The van der Waals surface area contributed by atoms with Crippen molar-refractivity contribution in [1.29, 1.82) is 0 Å². The second kappa shape index (κ2) is 4.13. The number of nitrogens with zero attached hydrogens (tertiary/aromatic N) is 2. The number of pyridine rings is 1. The molecule has 0 radical (unpaired) electrons. The van der Waals surface area contributed by atoms with E-state index < -0.39 is 0 Å². The summed E-state index contributed by atoms with van der Waals surface area (Å²) in [6.07, 6.45) is 6.22. The summed E-state index contributed by atoms with van der Waals surface area (Å²) in [5.74, 6) is 0.587. The molecular weight excluding hydrogens is 184 g/mol. The molecule has 0 bridgehead atoms. The summed E-state index contributed by atoms with van der Waals surface area (Å²) in [5, 5.41) is 0. The summed E-state index contributed by atoms with van der Waals surface area (Å²) in [6.45, 7) is 4.54. The van der Waals surface area contributed by atoms with E-state index in [1.807, 2.05) is 18.5 Å². The van der Waals surface area contributed by atoms with Crippen LogP contribution >= 0.6 is 0 Å². The van der Waals surface area contributed by atoms with Crippen LogP contribution in [0, 0.1) is 0 Å². The first kappa shape index (κ1) is 10.3. The molecule has 1 aromatic rings. The predicted octanol–water partition coefficient (Wildman–Crippen LogP) is 2.45. The van der Waals surface area contributed by atoms with Crippen molar-refractivity contribution in [3.63, 3.8) is 0 Å². The zero-order valence-electron chi connectivity index (χ0n) is 9.77. The SMILES string of the molecule is CCC1=[N+](C)[C@H](C)C[C@@H]1c1cccnc1. The van der Waals surface area contributed by atoms with Gasteiger partial charge in [-0.3, -0.25) is 4.98 Å². The van der Waals surface area contributed by atoms with E-state index in [9.17, 15) is 0 Å². The highest BCUT2D eigenvalue weighted by molar-refractivity contribution is 5.87. The second-order valence-electron chi connectivity index (χ2n) is 4.38. The summed E-state index contributed by atoms with van der Waals surface area (Å²) in [4.78, 5) is 4.22. The fourth-order valence-corrected chi connectivity index (χ4v) is 2.57. The Kier molecular flexibility index (Phi) is 2.85. The lowest BCUT2D eigenvalue weighted by atomic mass is 9.92. The van der Waals surface area contributed by atoms with Gasteiger partial charge >= 0.3 is 0 Å². The average Bonchev–Trinajstić information content (AvgIpc) is 2.56. The smallest absolute Gasteiger partial charge is 0.159 e. The summed E-state index contributed by atoms with van der Waals surface area (Å²) in [7, 11) is 2.21. The van der Waals surface area contributed by atoms with Crippen molar-refractivity contribution in [2.75, 3.05) is 7.05 Å². The molecule has 2 rings (SSSR count). The topological polar surface area (TPSA) is 15.9 Å². The molecule has 2 atom stereocenters. The van der Waals surface area contributed by atoms with E-state index in [-0.39, 0.29) is 0 Å². The highest BCUT2D eigenvalue weighted by Crippen LogP contribution is 2.29. The Balaban J connectivity index is 2.33. The van der Waals surface area contributed by atoms with Crippen LogP contribution in [0.15, 0.2) is 24.5 Å². The van der Waals surface area contributed by atoms with E-state index >= 15 is 0 Å². The predicted molar refractivity (Wildman–Crippen MR) is 62.5 cm³/mol. The van der Waals surface area contributed by atoms with Crippen molar-refractivity contribution in [2.45, 2.75) is 38.6 Å². The van der Waals surface area contributed by atoms with Gasteiger partial charge in [-0.05, 0) is 18.6 Å². The first-order valence-electron chi connectivity index (χ1n) is 5.72. The Hall–Kier alpha value is -1.18. The highest BCUT2D eigenvalue weighted by atomic mass is 15.0.